The van der Waals surface area contributed by atoms with Crippen molar-refractivity contribution in [2.24, 2.45) is 0 Å². The zero-order valence-electron chi connectivity index (χ0n) is 9.86. The summed E-state index contributed by atoms with van der Waals surface area (Å²) in [5.74, 6) is 0.0652. The van der Waals surface area contributed by atoms with E-state index in [1.807, 2.05) is 17.7 Å². The molecule has 18 heavy (non-hydrogen) atoms. The van der Waals surface area contributed by atoms with Gasteiger partial charge in [0.1, 0.15) is 11.6 Å². The Balaban J connectivity index is 2.22. The van der Waals surface area contributed by atoms with E-state index in [0.717, 1.165) is 12.6 Å². The molecule has 0 saturated heterocycles. The molecule has 0 spiro atoms. The molecular formula is C13H12ClFN2O. The lowest BCUT2D eigenvalue weighted by molar-refractivity contribution is 0.0990. The summed E-state index contributed by atoms with van der Waals surface area (Å²) >= 11 is 5.85. The van der Waals surface area contributed by atoms with E-state index >= 15 is 0 Å². The minimum atomic E-state index is -0.452. The topological polar surface area (TPSA) is 34.9 Å². The monoisotopic (exact) mass is 266 g/mol. The summed E-state index contributed by atoms with van der Waals surface area (Å²) in [5.41, 5.74) is 0.323. The first-order chi connectivity index (χ1) is 8.61. The van der Waals surface area contributed by atoms with Crippen LogP contribution in [0.3, 0.4) is 0 Å². The van der Waals surface area contributed by atoms with Crippen LogP contribution in [0.15, 0.2) is 30.6 Å². The molecule has 1 aromatic carbocycles. The van der Waals surface area contributed by atoms with Crippen LogP contribution < -0.4 is 0 Å². The molecule has 94 valence electrons. The van der Waals surface area contributed by atoms with Gasteiger partial charge in [0.2, 0.25) is 0 Å². The summed E-state index contributed by atoms with van der Waals surface area (Å²) in [5, 5.41) is 0.134. The molecule has 3 nitrogen and oxygen atoms in total. The van der Waals surface area contributed by atoms with Gasteiger partial charge in [-0.2, -0.15) is 0 Å². The van der Waals surface area contributed by atoms with E-state index < -0.39 is 5.82 Å². The van der Waals surface area contributed by atoms with E-state index in [0.29, 0.717) is 11.4 Å². The van der Waals surface area contributed by atoms with E-state index in [4.69, 9.17) is 11.6 Å². The Labute approximate surface area is 109 Å². The Morgan fingerprint density at radius 3 is 2.94 bits per heavy atom. The highest BCUT2D eigenvalue weighted by Crippen LogP contribution is 2.19. The van der Waals surface area contributed by atoms with Crippen LogP contribution in [0.25, 0.3) is 0 Å². The molecule has 0 aliphatic heterocycles. The second-order valence-electron chi connectivity index (χ2n) is 3.85. The van der Waals surface area contributed by atoms with Gasteiger partial charge in [-0.15, -0.1) is 0 Å². The summed E-state index contributed by atoms with van der Waals surface area (Å²) in [6.45, 7) is 2.72. The van der Waals surface area contributed by atoms with E-state index in [2.05, 4.69) is 4.98 Å². The number of carbonyl (C=O) groups is 1. The Hall–Kier alpha value is -1.68. The molecule has 0 atom stereocenters. The number of hydrogen-bond donors (Lipinski definition) is 0. The number of ketones is 1. The van der Waals surface area contributed by atoms with Crippen LogP contribution in [-0.2, 0) is 13.0 Å². The second-order valence-corrected chi connectivity index (χ2v) is 4.26. The minimum absolute atomic E-state index is 0.134. The molecule has 0 saturated carbocycles. The smallest absolute Gasteiger partial charge is 0.171 e. The van der Waals surface area contributed by atoms with Crippen LogP contribution in [0, 0.1) is 5.82 Å². The largest absolute Gasteiger partial charge is 0.335 e. The highest BCUT2D eigenvalue weighted by molar-refractivity contribution is 6.34. The molecule has 0 amide bonds. The lowest BCUT2D eigenvalue weighted by Crippen LogP contribution is -2.10. The predicted molar refractivity (Wildman–Crippen MR) is 67.3 cm³/mol. The number of aryl methyl sites for hydroxylation is 1. The third-order valence-electron chi connectivity index (χ3n) is 2.69. The first-order valence-corrected chi connectivity index (χ1v) is 5.98. The molecule has 0 bridgehead atoms. The molecule has 0 aliphatic rings. The van der Waals surface area contributed by atoms with E-state index in [1.54, 1.807) is 6.20 Å². The standard InChI is InChI=1S/C13H12ClFN2O/c1-2-17-6-5-16-13(17)8-12(18)10-4-3-9(15)7-11(10)14/h3-7H,2,8H2,1H3. The average Bonchev–Trinajstić information content (AvgIpc) is 2.76. The van der Waals surface area contributed by atoms with Gasteiger partial charge in [-0.1, -0.05) is 11.6 Å². The van der Waals surface area contributed by atoms with Gasteiger partial charge in [0.25, 0.3) is 0 Å². The number of Topliss-reactive ketones (excluding diaryl/α,β-unsaturated/α-hetero) is 1. The van der Waals surface area contributed by atoms with Crippen molar-refractivity contribution >= 4 is 17.4 Å². The first kappa shape index (κ1) is 12.8. The maximum Gasteiger partial charge on any atom is 0.171 e. The van der Waals surface area contributed by atoms with Gasteiger partial charge < -0.3 is 4.57 Å². The molecule has 0 radical (unpaired) electrons. The van der Waals surface area contributed by atoms with Gasteiger partial charge in [-0.3, -0.25) is 4.79 Å². The molecular weight excluding hydrogens is 255 g/mol. The van der Waals surface area contributed by atoms with Crippen LogP contribution >= 0.6 is 11.6 Å². The van der Waals surface area contributed by atoms with Gasteiger partial charge in [0.05, 0.1) is 11.4 Å². The summed E-state index contributed by atoms with van der Waals surface area (Å²) in [6.07, 6.45) is 3.62. The van der Waals surface area contributed by atoms with Gasteiger partial charge in [-0.25, -0.2) is 9.37 Å². The van der Waals surface area contributed by atoms with E-state index in [-0.39, 0.29) is 17.2 Å². The van der Waals surface area contributed by atoms with Crippen molar-refractivity contribution in [2.75, 3.05) is 0 Å². The number of rotatable bonds is 4. The number of hydrogen-bond acceptors (Lipinski definition) is 2. The SMILES string of the molecule is CCn1ccnc1CC(=O)c1ccc(F)cc1Cl. The molecule has 0 N–H and O–H groups in total. The van der Waals surface area contributed by atoms with Crippen molar-refractivity contribution in [3.05, 3.63) is 52.8 Å². The Morgan fingerprint density at radius 1 is 1.50 bits per heavy atom. The summed E-state index contributed by atoms with van der Waals surface area (Å²) < 4.78 is 14.8. The third-order valence-corrected chi connectivity index (χ3v) is 3.01. The normalized spacial score (nSPS) is 10.6. The molecule has 5 heteroatoms. The number of aromatic nitrogens is 2. The number of imidazole rings is 1. The molecule has 1 aromatic heterocycles. The fourth-order valence-corrected chi connectivity index (χ4v) is 2.02. The van der Waals surface area contributed by atoms with Crippen LogP contribution in [0.1, 0.15) is 23.1 Å². The first-order valence-electron chi connectivity index (χ1n) is 5.60. The van der Waals surface area contributed by atoms with Crippen LogP contribution in [0.4, 0.5) is 4.39 Å². The number of carbonyl (C=O) groups excluding carboxylic acids is 1. The number of halogens is 2. The fraction of sp³-hybridized carbons (Fsp3) is 0.231. The molecule has 2 rings (SSSR count). The van der Waals surface area contributed by atoms with Crippen molar-refractivity contribution in [3.63, 3.8) is 0 Å². The quantitative estimate of drug-likeness (QED) is 0.797. The Morgan fingerprint density at radius 2 is 2.28 bits per heavy atom. The van der Waals surface area contributed by atoms with E-state index in [9.17, 15) is 9.18 Å². The van der Waals surface area contributed by atoms with Gasteiger partial charge in [0, 0.05) is 24.5 Å². The maximum atomic E-state index is 12.9. The molecule has 1 heterocycles. The fourth-order valence-electron chi connectivity index (χ4n) is 1.75. The Bertz CT molecular complexity index is 580. The summed E-state index contributed by atoms with van der Waals surface area (Å²) in [4.78, 5) is 16.2. The van der Waals surface area contributed by atoms with Crippen molar-refractivity contribution in [3.8, 4) is 0 Å². The number of benzene rings is 1. The average molecular weight is 267 g/mol. The number of nitrogens with zero attached hydrogens (tertiary/aromatic N) is 2. The highest BCUT2D eigenvalue weighted by atomic mass is 35.5. The van der Waals surface area contributed by atoms with Crippen molar-refractivity contribution < 1.29 is 9.18 Å². The van der Waals surface area contributed by atoms with Crippen LogP contribution in [-0.4, -0.2) is 15.3 Å². The second kappa shape index (κ2) is 5.31. The lowest BCUT2D eigenvalue weighted by Gasteiger charge is -2.05. The Kier molecular flexibility index (Phi) is 3.77. The van der Waals surface area contributed by atoms with Crippen molar-refractivity contribution in [1.82, 2.24) is 9.55 Å². The molecule has 0 unspecified atom stereocenters. The van der Waals surface area contributed by atoms with Gasteiger partial charge in [-0.05, 0) is 25.1 Å². The molecule has 2 aromatic rings. The lowest BCUT2D eigenvalue weighted by atomic mass is 10.1. The zero-order valence-corrected chi connectivity index (χ0v) is 10.6. The van der Waals surface area contributed by atoms with Crippen molar-refractivity contribution in [1.29, 1.82) is 0 Å². The maximum absolute atomic E-state index is 12.9. The molecule has 0 aliphatic carbocycles. The highest BCUT2D eigenvalue weighted by Gasteiger charge is 2.14. The van der Waals surface area contributed by atoms with Crippen LogP contribution in [0.5, 0.6) is 0 Å². The summed E-state index contributed by atoms with van der Waals surface area (Å²) in [6, 6.07) is 3.77. The van der Waals surface area contributed by atoms with Gasteiger partial charge in [0.15, 0.2) is 5.78 Å². The van der Waals surface area contributed by atoms with Gasteiger partial charge >= 0.3 is 0 Å². The molecule has 0 fully saturated rings. The van der Waals surface area contributed by atoms with Crippen molar-refractivity contribution in [2.45, 2.75) is 19.9 Å². The van der Waals surface area contributed by atoms with E-state index in [1.165, 1.54) is 12.1 Å². The predicted octanol–water partition coefficient (Wildman–Crippen LogP) is 3.12. The third kappa shape index (κ3) is 2.59. The minimum Gasteiger partial charge on any atom is -0.335 e. The van der Waals surface area contributed by atoms with Crippen LogP contribution in [0.2, 0.25) is 5.02 Å². The zero-order chi connectivity index (χ0) is 13.1. The summed E-state index contributed by atoms with van der Waals surface area (Å²) in [7, 11) is 0.